The number of phosphoric ester groups is 1. The molecule has 8 nitrogen and oxygen atoms in total. The number of allylic oxidation sites excluding steroid dienone is 8. The standard InChI is InChI=1S/C48H89N2O6P/c1-6-8-10-12-14-16-18-20-21-22-23-24-25-26-27-28-30-32-34-36-38-40-42-48(52)49-46(45-56-57(53,54)55-44-43-50(3,4)5)47(51)41-39-37-35-33-31-29-19-17-15-13-11-9-7-2/h24-25,27-28,32,34,37-40,46-47,51H,6-23,26,29-31,33,35-36,41-45H2,1-5H3,(H-,49,52,53,54)/t46-,47+/m0/s1. The lowest BCUT2D eigenvalue weighted by Gasteiger charge is -2.29. The summed E-state index contributed by atoms with van der Waals surface area (Å²) in [5.74, 6) is -0.312. The predicted octanol–water partition coefficient (Wildman–Crippen LogP) is 12.4. The van der Waals surface area contributed by atoms with Gasteiger partial charge in [0.25, 0.3) is 7.82 Å². The van der Waals surface area contributed by atoms with Crippen LogP contribution in [0.1, 0.15) is 187 Å². The molecule has 57 heavy (non-hydrogen) atoms. The molecule has 0 bridgehead atoms. The summed E-state index contributed by atoms with van der Waals surface area (Å²) in [6.45, 7) is 4.58. The average Bonchev–Trinajstić information content (AvgIpc) is 3.16. The molecular formula is C48H89N2O6P. The smallest absolute Gasteiger partial charge is 0.268 e. The molecule has 332 valence electrons. The van der Waals surface area contributed by atoms with Gasteiger partial charge in [-0.3, -0.25) is 9.36 Å². The highest BCUT2D eigenvalue weighted by Crippen LogP contribution is 2.38. The molecule has 0 heterocycles. The summed E-state index contributed by atoms with van der Waals surface area (Å²) >= 11 is 0. The van der Waals surface area contributed by atoms with Crippen LogP contribution in [0.5, 0.6) is 0 Å². The van der Waals surface area contributed by atoms with Crippen LogP contribution in [-0.4, -0.2) is 68.5 Å². The summed E-state index contributed by atoms with van der Waals surface area (Å²) in [7, 11) is 1.21. The van der Waals surface area contributed by atoms with E-state index >= 15 is 0 Å². The Labute approximate surface area is 351 Å². The van der Waals surface area contributed by atoms with Crippen LogP contribution < -0.4 is 10.2 Å². The summed E-state index contributed by atoms with van der Waals surface area (Å²) in [4.78, 5) is 25.2. The van der Waals surface area contributed by atoms with E-state index in [0.29, 0.717) is 17.4 Å². The number of unbranched alkanes of at least 4 members (excludes halogenated alkanes) is 20. The van der Waals surface area contributed by atoms with Gasteiger partial charge in [0, 0.05) is 6.42 Å². The van der Waals surface area contributed by atoms with Crippen molar-refractivity contribution in [1.29, 1.82) is 0 Å². The summed E-state index contributed by atoms with van der Waals surface area (Å²) < 4.78 is 23.1. The zero-order valence-corrected chi connectivity index (χ0v) is 38.4. The van der Waals surface area contributed by atoms with Gasteiger partial charge in [-0.1, -0.05) is 190 Å². The highest BCUT2D eigenvalue weighted by atomic mass is 31.2. The molecular weight excluding hydrogens is 732 g/mol. The van der Waals surface area contributed by atoms with E-state index in [9.17, 15) is 19.4 Å². The first-order chi connectivity index (χ1) is 27.5. The largest absolute Gasteiger partial charge is 0.756 e. The lowest BCUT2D eigenvalue weighted by Crippen LogP contribution is -2.46. The minimum Gasteiger partial charge on any atom is -0.756 e. The number of nitrogens with zero attached hydrogens (tertiary/aromatic N) is 1. The number of rotatable bonds is 41. The fourth-order valence-corrected chi connectivity index (χ4v) is 7.01. The normalized spacial score (nSPS) is 14.9. The van der Waals surface area contributed by atoms with Gasteiger partial charge in [0.15, 0.2) is 0 Å². The quantitative estimate of drug-likeness (QED) is 0.0275. The topological polar surface area (TPSA) is 108 Å². The van der Waals surface area contributed by atoms with E-state index < -0.39 is 26.6 Å². The van der Waals surface area contributed by atoms with Crippen molar-refractivity contribution < 1.29 is 32.9 Å². The van der Waals surface area contributed by atoms with Crippen LogP contribution in [0.25, 0.3) is 0 Å². The Balaban J connectivity index is 4.50. The molecule has 0 spiro atoms. The lowest BCUT2D eigenvalue weighted by atomic mass is 10.1. The van der Waals surface area contributed by atoms with Crippen molar-refractivity contribution >= 4 is 13.7 Å². The second-order valence-electron chi connectivity index (χ2n) is 16.8. The Bertz CT molecular complexity index is 1110. The molecule has 9 heteroatoms. The molecule has 0 radical (unpaired) electrons. The van der Waals surface area contributed by atoms with E-state index in [-0.39, 0.29) is 25.4 Å². The first-order valence-electron chi connectivity index (χ1n) is 23.1. The van der Waals surface area contributed by atoms with Crippen molar-refractivity contribution in [3.8, 4) is 0 Å². The Morgan fingerprint density at radius 3 is 1.47 bits per heavy atom. The highest BCUT2D eigenvalue weighted by Gasteiger charge is 2.23. The van der Waals surface area contributed by atoms with E-state index in [1.807, 2.05) is 33.3 Å². The first-order valence-corrected chi connectivity index (χ1v) is 24.6. The van der Waals surface area contributed by atoms with Gasteiger partial charge in [-0.05, 0) is 51.4 Å². The summed E-state index contributed by atoms with van der Waals surface area (Å²) in [5, 5.41) is 13.7. The molecule has 0 aliphatic heterocycles. The third-order valence-corrected chi connectivity index (χ3v) is 11.0. The van der Waals surface area contributed by atoms with Gasteiger partial charge in [0.1, 0.15) is 13.2 Å². The minimum atomic E-state index is -4.61. The molecule has 2 N–H and O–H groups in total. The molecule has 0 aromatic carbocycles. The Morgan fingerprint density at radius 1 is 0.614 bits per heavy atom. The molecule has 0 aromatic heterocycles. The van der Waals surface area contributed by atoms with Crippen LogP contribution in [0.15, 0.2) is 60.8 Å². The molecule has 0 aromatic rings. The second kappa shape index (κ2) is 39.6. The van der Waals surface area contributed by atoms with Crippen LogP contribution in [0, 0.1) is 0 Å². The van der Waals surface area contributed by atoms with Gasteiger partial charge in [-0.25, -0.2) is 0 Å². The summed E-state index contributed by atoms with van der Waals surface area (Å²) in [6.07, 6.45) is 51.4. The maximum atomic E-state index is 12.8. The van der Waals surface area contributed by atoms with E-state index in [1.54, 1.807) is 6.08 Å². The summed E-state index contributed by atoms with van der Waals surface area (Å²) in [6, 6.07) is -0.904. The molecule has 0 saturated heterocycles. The number of nitrogens with one attached hydrogen (secondary N) is 1. The number of aliphatic hydroxyl groups excluding tert-OH is 1. The second-order valence-corrected chi connectivity index (χ2v) is 18.2. The third kappa shape index (κ3) is 42.1. The van der Waals surface area contributed by atoms with E-state index in [0.717, 1.165) is 25.7 Å². The molecule has 0 aliphatic carbocycles. The monoisotopic (exact) mass is 821 g/mol. The molecule has 0 fully saturated rings. The fourth-order valence-electron chi connectivity index (χ4n) is 6.29. The van der Waals surface area contributed by atoms with Crippen LogP contribution >= 0.6 is 7.82 Å². The number of amides is 1. The summed E-state index contributed by atoms with van der Waals surface area (Å²) in [5.41, 5.74) is 0. The van der Waals surface area contributed by atoms with Crippen molar-refractivity contribution in [2.75, 3.05) is 40.9 Å². The van der Waals surface area contributed by atoms with Crippen molar-refractivity contribution in [2.45, 2.75) is 199 Å². The zero-order valence-electron chi connectivity index (χ0n) is 37.5. The number of quaternary nitrogens is 1. The number of aliphatic hydroxyl groups is 1. The third-order valence-electron chi connectivity index (χ3n) is 10.0. The van der Waals surface area contributed by atoms with Crippen molar-refractivity contribution in [3.63, 3.8) is 0 Å². The maximum Gasteiger partial charge on any atom is 0.268 e. The number of carbonyl (C=O) groups excluding carboxylic acids is 1. The molecule has 0 aliphatic rings. The SMILES string of the molecule is CCCCCCCCCCCCC=CCC=CCC=CCC=CCC(=O)N[C@@H](COP(=O)([O-])OCC[N+](C)(C)C)[C@H](O)CC=CCCCCCCCCCCCC. The van der Waals surface area contributed by atoms with Crippen LogP contribution in [-0.2, 0) is 18.4 Å². The highest BCUT2D eigenvalue weighted by molar-refractivity contribution is 7.45. The number of likely N-dealkylation sites (N-methyl/N-ethyl adjacent to an activating group) is 1. The van der Waals surface area contributed by atoms with Crippen molar-refractivity contribution in [2.24, 2.45) is 0 Å². The Morgan fingerprint density at radius 2 is 1.02 bits per heavy atom. The van der Waals surface area contributed by atoms with Crippen molar-refractivity contribution in [3.05, 3.63) is 60.8 Å². The minimum absolute atomic E-state index is 0.0159. The van der Waals surface area contributed by atoms with Crippen LogP contribution in [0.2, 0.25) is 0 Å². The average molecular weight is 821 g/mol. The van der Waals surface area contributed by atoms with Crippen LogP contribution in [0.3, 0.4) is 0 Å². The fraction of sp³-hybridized carbons (Fsp3) is 0.771. The van der Waals surface area contributed by atoms with Gasteiger partial charge in [-0.15, -0.1) is 0 Å². The first kappa shape index (κ1) is 55.2. The van der Waals surface area contributed by atoms with Gasteiger partial charge >= 0.3 is 0 Å². The lowest BCUT2D eigenvalue weighted by molar-refractivity contribution is -0.870. The van der Waals surface area contributed by atoms with Gasteiger partial charge in [0.2, 0.25) is 5.91 Å². The van der Waals surface area contributed by atoms with Crippen LogP contribution in [0.4, 0.5) is 0 Å². The Kier molecular flexibility index (Phi) is 38.4. The van der Waals surface area contributed by atoms with Crippen molar-refractivity contribution in [1.82, 2.24) is 5.32 Å². The molecule has 0 saturated carbocycles. The van der Waals surface area contributed by atoms with E-state index in [2.05, 4.69) is 61.7 Å². The molecule has 1 amide bonds. The number of phosphoric acid groups is 1. The number of carbonyl (C=O) groups is 1. The molecule has 1 unspecified atom stereocenters. The Hall–Kier alpha value is -1.80. The molecule has 3 atom stereocenters. The van der Waals surface area contributed by atoms with Gasteiger partial charge in [0.05, 0.1) is 39.9 Å². The predicted molar refractivity (Wildman–Crippen MR) is 242 cm³/mol. The van der Waals surface area contributed by atoms with Gasteiger partial charge in [-0.2, -0.15) is 0 Å². The molecule has 0 rings (SSSR count). The van der Waals surface area contributed by atoms with E-state index in [1.165, 1.54) is 128 Å². The number of hydrogen-bond acceptors (Lipinski definition) is 6. The van der Waals surface area contributed by atoms with Gasteiger partial charge < -0.3 is 28.8 Å². The maximum absolute atomic E-state index is 12.8. The number of hydrogen-bond donors (Lipinski definition) is 2. The zero-order chi connectivity index (χ0) is 42.1. The van der Waals surface area contributed by atoms with E-state index in [4.69, 9.17) is 9.05 Å².